The summed E-state index contributed by atoms with van der Waals surface area (Å²) >= 11 is 3.55. The maximum Gasteiger partial charge on any atom is 0.127 e. The second-order valence-electron chi connectivity index (χ2n) is 4.36. The summed E-state index contributed by atoms with van der Waals surface area (Å²) in [6.07, 6.45) is 0. The van der Waals surface area contributed by atoms with Gasteiger partial charge in [0.05, 0.1) is 15.9 Å². The highest BCUT2D eigenvalue weighted by molar-refractivity contribution is 9.10. The van der Waals surface area contributed by atoms with Crippen LogP contribution in [-0.4, -0.2) is 9.78 Å². The zero-order valence-corrected chi connectivity index (χ0v) is 12.7. The van der Waals surface area contributed by atoms with Gasteiger partial charge in [0, 0.05) is 25.2 Å². The van der Waals surface area contributed by atoms with Gasteiger partial charge >= 0.3 is 0 Å². The fourth-order valence-corrected chi connectivity index (χ4v) is 2.42. The molecule has 102 valence electrons. The van der Waals surface area contributed by atoms with E-state index >= 15 is 0 Å². The van der Waals surface area contributed by atoms with Crippen LogP contribution >= 0.6 is 15.9 Å². The van der Waals surface area contributed by atoms with Crippen molar-refractivity contribution in [3.8, 4) is 0 Å². The molecule has 5 heteroatoms. The van der Waals surface area contributed by atoms with Crippen LogP contribution in [0.1, 0.15) is 23.9 Å². The van der Waals surface area contributed by atoms with Gasteiger partial charge < -0.3 is 5.32 Å². The fraction of sp³-hybridized carbons (Fsp3) is 0.357. The summed E-state index contributed by atoms with van der Waals surface area (Å²) < 4.78 is 16.5. The number of hydrogen-bond donors (Lipinski definition) is 1. The van der Waals surface area contributed by atoms with Crippen molar-refractivity contribution in [2.75, 3.05) is 0 Å². The Hall–Kier alpha value is -1.20. The van der Waals surface area contributed by atoms with E-state index < -0.39 is 0 Å². The first-order valence-corrected chi connectivity index (χ1v) is 7.08. The first-order valence-electron chi connectivity index (χ1n) is 6.29. The Balaban J connectivity index is 2.02. The predicted octanol–water partition coefficient (Wildman–Crippen LogP) is 3.40. The van der Waals surface area contributed by atoms with Crippen molar-refractivity contribution in [2.45, 2.75) is 33.5 Å². The normalized spacial score (nSPS) is 10.9. The molecule has 0 unspecified atom stereocenters. The Morgan fingerprint density at radius 1 is 1.32 bits per heavy atom. The van der Waals surface area contributed by atoms with Gasteiger partial charge in [0.2, 0.25) is 0 Å². The van der Waals surface area contributed by atoms with Crippen LogP contribution in [0, 0.1) is 12.7 Å². The molecule has 2 rings (SSSR count). The smallest absolute Gasteiger partial charge is 0.127 e. The third-order valence-electron chi connectivity index (χ3n) is 3.02. The van der Waals surface area contributed by atoms with Crippen LogP contribution in [0.3, 0.4) is 0 Å². The van der Waals surface area contributed by atoms with Crippen molar-refractivity contribution < 1.29 is 4.39 Å². The fourth-order valence-electron chi connectivity index (χ4n) is 2.00. The van der Waals surface area contributed by atoms with Gasteiger partial charge in [0.25, 0.3) is 0 Å². The van der Waals surface area contributed by atoms with Crippen molar-refractivity contribution in [1.29, 1.82) is 0 Å². The van der Waals surface area contributed by atoms with E-state index in [0.717, 1.165) is 22.4 Å². The summed E-state index contributed by atoms with van der Waals surface area (Å²) in [6.45, 7) is 6.01. The summed E-state index contributed by atoms with van der Waals surface area (Å²) in [5.74, 6) is -0.172. The van der Waals surface area contributed by atoms with Crippen LogP contribution in [0.2, 0.25) is 0 Å². The van der Waals surface area contributed by atoms with Gasteiger partial charge in [-0.1, -0.05) is 18.2 Å². The second-order valence-corrected chi connectivity index (χ2v) is 5.15. The van der Waals surface area contributed by atoms with E-state index in [1.165, 1.54) is 6.07 Å². The molecule has 0 aliphatic heterocycles. The maximum atomic E-state index is 13.5. The van der Waals surface area contributed by atoms with Gasteiger partial charge in [-0.25, -0.2) is 4.39 Å². The van der Waals surface area contributed by atoms with E-state index in [2.05, 4.69) is 33.3 Å². The number of nitrogens with zero attached hydrogens (tertiary/aromatic N) is 2. The van der Waals surface area contributed by atoms with E-state index in [1.807, 2.05) is 17.7 Å². The molecule has 0 saturated heterocycles. The summed E-state index contributed by atoms with van der Waals surface area (Å²) in [6, 6.07) is 6.81. The Bertz CT molecular complexity index is 566. The number of aryl methyl sites for hydroxylation is 2. The molecule has 0 saturated carbocycles. The highest BCUT2D eigenvalue weighted by atomic mass is 79.9. The summed E-state index contributed by atoms with van der Waals surface area (Å²) in [4.78, 5) is 0. The lowest BCUT2D eigenvalue weighted by Gasteiger charge is -2.08. The molecular weight excluding hydrogens is 309 g/mol. The maximum absolute atomic E-state index is 13.5. The van der Waals surface area contributed by atoms with Crippen LogP contribution in [0.25, 0.3) is 0 Å². The van der Waals surface area contributed by atoms with Gasteiger partial charge in [-0.15, -0.1) is 0 Å². The molecule has 0 spiro atoms. The SMILES string of the molecule is CCn1nc(C)c(Br)c1CNCc1ccccc1F. The zero-order chi connectivity index (χ0) is 13.8. The molecule has 1 aromatic heterocycles. The van der Waals surface area contributed by atoms with Gasteiger partial charge in [0.15, 0.2) is 0 Å². The Labute approximate surface area is 121 Å². The zero-order valence-electron chi connectivity index (χ0n) is 11.1. The Morgan fingerprint density at radius 2 is 2.05 bits per heavy atom. The molecule has 1 aromatic carbocycles. The average Bonchev–Trinajstić information content (AvgIpc) is 2.68. The number of benzene rings is 1. The van der Waals surface area contributed by atoms with Crippen LogP contribution in [-0.2, 0) is 19.6 Å². The number of halogens is 2. The predicted molar refractivity (Wildman–Crippen MR) is 77.3 cm³/mol. The highest BCUT2D eigenvalue weighted by Gasteiger charge is 2.11. The number of aromatic nitrogens is 2. The molecule has 19 heavy (non-hydrogen) atoms. The highest BCUT2D eigenvalue weighted by Crippen LogP contribution is 2.20. The summed E-state index contributed by atoms with van der Waals surface area (Å²) in [5, 5.41) is 7.68. The van der Waals surface area contributed by atoms with Crippen molar-refractivity contribution in [1.82, 2.24) is 15.1 Å². The van der Waals surface area contributed by atoms with Crippen LogP contribution < -0.4 is 5.32 Å². The number of rotatable bonds is 5. The van der Waals surface area contributed by atoms with E-state index in [0.29, 0.717) is 18.7 Å². The lowest BCUT2D eigenvalue weighted by molar-refractivity contribution is 0.559. The van der Waals surface area contributed by atoms with Crippen molar-refractivity contribution in [2.24, 2.45) is 0 Å². The molecule has 0 atom stereocenters. The summed E-state index contributed by atoms with van der Waals surface area (Å²) in [5.41, 5.74) is 2.75. The van der Waals surface area contributed by atoms with E-state index in [1.54, 1.807) is 12.1 Å². The molecule has 0 amide bonds. The third kappa shape index (κ3) is 3.22. The van der Waals surface area contributed by atoms with Crippen LogP contribution in [0.5, 0.6) is 0 Å². The lowest BCUT2D eigenvalue weighted by atomic mass is 10.2. The minimum absolute atomic E-state index is 0.172. The minimum atomic E-state index is -0.172. The molecule has 0 bridgehead atoms. The molecule has 1 heterocycles. The molecule has 0 aliphatic rings. The Morgan fingerprint density at radius 3 is 2.74 bits per heavy atom. The quantitative estimate of drug-likeness (QED) is 0.913. The van der Waals surface area contributed by atoms with E-state index in [-0.39, 0.29) is 5.82 Å². The Kier molecular flexibility index (Phi) is 4.71. The van der Waals surface area contributed by atoms with Crippen molar-refractivity contribution >= 4 is 15.9 Å². The minimum Gasteiger partial charge on any atom is -0.307 e. The molecule has 0 aliphatic carbocycles. The molecule has 3 nitrogen and oxygen atoms in total. The molecular formula is C14H17BrFN3. The number of nitrogens with one attached hydrogen (secondary N) is 1. The van der Waals surface area contributed by atoms with E-state index in [4.69, 9.17) is 0 Å². The van der Waals surface area contributed by atoms with Crippen molar-refractivity contribution in [3.05, 3.63) is 51.5 Å². The first kappa shape index (κ1) is 14.2. The third-order valence-corrected chi connectivity index (χ3v) is 4.05. The lowest BCUT2D eigenvalue weighted by Crippen LogP contribution is -2.17. The number of hydrogen-bond acceptors (Lipinski definition) is 2. The van der Waals surface area contributed by atoms with Gasteiger partial charge in [-0.05, 0) is 35.8 Å². The van der Waals surface area contributed by atoms with Crippen molar-refractivity contribution in [3.63, 3.8) is 0 Å². The van der Waals surface area contributed by atoms with Crippen LogP contribution in [0.4, 0.5) is 4.39 Å². The monoisotopic (exact) mass is 325 g/mol. The summed E-state index contributed by atoms with van der Waals surface area (Å²) in [7, 11) is 0. The van der Waals surface area contributed by atoms with Gasteiger partial charge in [-0.3, -0.25) is 4.68 Å². The molecule has 1 N–H and O–H groups in total. The largest absolute Gasteiger partial charge is 0.307 e. The average molecular weight is 326 g/mol. The van der Waals surface area contributed by atoms with Gasteiger partial charge in [0.1, 0.15) is 5.82 Å². The van der Waals surface area contributed by atoms with Crippen LogP contribution in [0.15, 0.2) is 28.7 Å². The first-order chi connectivity index (χ1) is 9.13. The molecule has 0 fully saturated rings. The second kappa shape index (κ2) is 6.30. The van der Waals surface area contributed by atoms with Gasteiger partial charge in [-0.2, -0.15) is 5.10 Å². The molecule has 2 aromatic rings. The topological polar surface area (TPSA) is 29.9 Å². The standard InChI is InChI=1S/C14H17BrFN3/c1-3-19-13(14(15)10(2)18-19)9-17-8-11-6-4-5-7-12(11)16/h4-7,17H,3,8-9H2,1-2H3. The van der Waals surface area contributed by atoms with E-state index in [9.17, 15) is 4.39 Å². The molecule has 0 radical (unpaired) electrons.